The molecule has 2 rings (SSSR count). The molecule has 1 saturated heterocycles. The van der Waals surface area contributed by atoms with Crippen molar-refractivity contribution in [3.05, 3.63) is 12.4 Å². The zero-order valence-corrected chi connectivity index (χ0v) is 9.05. The summed E-state index contributed by atoms with van der Waals surface area (Å²) < 4.78 is 5.64. The van der Waals surface area contributed by atoms with Gasteiger partial charge in [0.2, 0.25) is 5.95 Å². The topological polar surface area (TPSA) is 64.3 Å². The minimum atomic E-state index is 0.218. The second kappa shape index (κ2) is 4.02. The molecule has 82 valence electrons. The molecule has 0 aliphatic carbocycles. The molecule has 0 spiro atoms. The lowest BCUT2D eigenvalue weighted by Gasteiger charge is -2.35. The Morgan fingerprint density at radius 3 is 2.33 bits per heavy atom. The Hall–Kier alpha value is -1.36. The van der Waals surface area contributed by atoms with Gasteiger partial charge in [-0.05, 0) is 13.8 Å². The number of aromatic nitrogens is 2. The van der Waals surface area contributed by atoms with Gasteiger partial charge in [-0.1, -0.05) is 0 Å². The molecule has 0 saturated carbocycles. The van der Waals surface area contributed by atoms with Crippen molar-refractivity contribution in [1.82, 2.24) is 9.97 Å². The van der Waals surface area contributed by atoms with Gasteiger partial charge in [-0.15, -0.1) is 0 Å². The highest BCUT2D eigenvalue weighted by molar-refractivity contribution is 5.38. The summed E-state index contributed by atoms with van der Waals surface area (Å²) in [6.45, 7) is 5.77. The van der Waals surface area contributed by atoms with E-state index in [1.54, 1.807) is 12.4 Å². The first-order valence-corrected chi connectivity index (χ1v) is 5.13. The van der Waals surface area contributed by atoms with Crippen LogP contribution in [0, 0.1) is 0 Å². The maximum absolute atomic E-state index is 5.64. The highest BCUT2D eigenvalue weighted by Crippen LogP contribution is 2.16. The molecule has 0 radical (unpaired) electrons. The van der Waals surface area contributed by atoms with Crippen LogP contribution in [0.3, 0.4) is 0 Å². The van der Waals surface area contributed by atoms with E-state index >= 15 is 0 Å². The standard InChI is InChI=1S/C10H16N4O/c1-7-5-14(6-8(2)15-7)10-12-3-9(11)4-13-10/h3-4,7-8H,5-6,11H2,1-2H3. The molecule has 1 aromatic heterocycles. The van der Waals surface area contributed by atoms with Gasteiger partial charge in [0.05, 0.1) is 30.3 Å². The third kappa shape index (κ3) is 2.36. The van der Waals surface area contributed by atoms with Crippen LogP contribution in [0.1, 0.15) is 13.8 Å². The minimum Gasteiger partial charge on any atom is -0.396 e. The second-order valence-electron chi connectivity index (χ2n) is 3.98. The Morgan fingerprint density at radius 1 is 1.27 bits per heavy atom. The molecule has 2 N–H and O–H groups in total. The molecule has 2 heterocycles. The van der Waals surface area contributed by atoms with E-state index in [4.69, 9.17) is 10.5 Å². The van der Waals surface area contributed by atoms with Crippen molar-refractivity contribution < 1.29 is 4.74 Å². The van der Waals surface area contributed by atoms with Gasteiger partial charge in [0, 0.05) is 13.1 Å². The SMILES string of the molecule is CC1CN(c2ncc(N)cn2)CC(C)O1. The van der Waals surface area contributed by atoms with Crippen LogP contribution >= 0.6 is 0 Å². The van der Waals surface area contributed by atoms with E-state index in [2.05, 4.69) is 28.7 Å². The summed E-state index contributed by atoms with van der Waals surface area (Å²) in [5, 5.41) is 0. The first-order valence-electron chi connectivity index (χ1n) is 5.13. The highest BCUT2D eigenvalue weighted by atomic mass is 16.5. The van der Waals surface area contributed by atoms with E-state index in [0.29, 0.717) is 5.69 Å². The minimum absolute atomic E-state index is 0.218. The monoisotopic (exact) mass is 208 g/mol. The van der Waals surface area contributed by atoms with Crippen molar-refractivity contribution in [1.29, 1.82) is 0 Å². The molecule has 2 atom stereocenters. The maximum atomic E-state index is 5.64. The lowest BCUT2D eigenvalue weighted by Crippen LogP contribution is -2.46. The van der Waals surface area contributed by atoms with E-state index < -0.39 is 0 Å². The lowest BCUT2D eigenvalue weighted by atomic mass is 10.2. The van der Waals surface area contributed by atoms with Crippen LogP contribution in [-0.2, 0) is 4.74 Å². The fraction of sp³-hybridized carbons (Fsp3) is 0.600. The quantitative estimate of drug-likeness (QED) is 0.735. The van der Waals surface area contributed by atoms with E-state index in [9.17, 15) is 0 Å². The van der Waals surface area contributed by atoms with Gasteiger partial charge in [-0.3, -0.25) is 0 Å². The molecule has 15 heavy (non-hydrogen) atoms. The number of hydrogen-bond acceptors (Lipinski definition) is 5. The first kappa shape index (κ1) is 10.2. The maximum Gasteiger partial charge on any atom is 0.225 e. The Morgan fingerprint density at radius 2 is 1.80 bits per heavy atom. The molecule has 0 amide bonds. The third-order valence-corrected chi connectivity index (χ3v) is 2.36. The van der Waals surface area contributed by atoms with Crippen LogP contribution in [-0.4, -0.2) is 35.3 Å². The van der Waals surface area contributed by atoms with Gasteiger partial charge < -0.3 is 15.4 Å². The fourth-order valence-corrected chi connectivity index (χ4v) is 1.84. The van der Waals surface area contributed by atoms with Crippen LogP contribution < -0.4 is 10.6 Å². The van der Waals surface area contributed by atoms with E-state index in [-0.39, 0.29) is 12.2 Å². The van der Waals surface area contributed by atoms with Crippen molar-refractivity contribution in [2.24, 2.45) is 0 Å². The Kier molecular flexibility index (Phi) is 2.73. The van der Waals surface area contributed by atoms with E-state index in [1.165, 1.54) is 0 Å². The molecular weight excluding hydrogens is 192 g/mol. The number of nitrogen functional groups attached to an aromatic ring is 1. The van der Waals surface area contributed by atoms with Gasteiger partial charge in [-0.25, -0.2) is 9.97 Å². The highest BCUT2D eigenvalue weighted by Gasteiger charge is 2.23. The molecule has 5 heteroatoms. The predicted octanol–water partition coefficient (Wildman–Crippen LogP) is 0.672. The first-order chi connectivity index (χ1) is 7.15. The van der Waals surface area contributed by atoms with E-state index in [1.807, 2.05) is 0 Å². The summed E-state index contributed by atoms with van der Waals surface area (Å²) in [7, 11) is 0. The van der Waals surface area contributed by atoms with E-state index in [0.717, 1.165) is 19.0 Å². The van der Waals surface area contributed by atoms with Crippen LogP contribution in [0.4, 0.5) is 11.6 Å². The molecule has 1 aromatic rings. The van der Waals surface area contributed by atoms with Crippen molar-refractivity contribution in [2.75, 3.05) is 23.7 Å². The summed E-state index contributed by atoms with van der Waals surface area (Å²) in [5.41, 5.74) is 6.13. The van der Waals surface area contributed by atoms with Crippen molar-refractivity contribution in [3.8, 4) is 0 Å². The molecule has 0 aromatic carbocycles. The van der Waals surface area contributed by atoms with Gasteiger partial charge in [-0.2, -0.15) is 0 Å². The Balaban J connectivity index is 2.12. The normalized spacial score (nSPS) is 26.7. The number of nitrogens with zero attached hydrogens (tertiary/aromatic N) is 3. The van der Waals surface area contributed by atoms with Gasteiger partial charge in [0.15, 0.2) is 0 Å². The summed E-state index contributed by atoms with van der Waals surface area (Å²) >= 11 is 0. The fourth-order valence-electron chi connectivity index (χ4n) is 1.84. The number of nitrogens with two attached hydrogens (primary N) is 1. The average Bonchev–Trinajstić information content (AvgIpc) is 2.17. The summed E-state index contributed by atoms with van der Waals surface area (Å²) in [4.78, 5) is 10.5. The second-order valence-corrected chi connectivity index (χ2v) is 3.98. The zero-order chi connectivity index (χ0) is 10.8. The van der Waals surface area contributed by atoms with Crippen molar-refractivity contribution in [3.63, 3.8) is 0 Å². The summed E-state index contributed by atoms with van der Waals surface area (Å²) in [5.74, 6) is 0.728. The zero-order valence-electron chi connectivity index (χ0n) is 9.05. The molecule has 2 unspecified atom stereocenters. The number of anilines is 2. The molecule has 5 nitrogen and oxygen atoms in total. The van der Waals surface area contributed by atoms with Gasteiger partial charge in [0.25, 0.3) is 0 Å². The lowest BCUT2D eigenvalue weighted by molar-refractivity contribution is -0.00571. The van der Waals surface area contributed by atoms with Crippen molar-refractivity contribution >= 4 is 11.6 Å². The average molecular weight is 208 g/mol. The molecular formula is C10H16N4O. The molecule has 1 fully saturated rings. The van der Waals surface area contributed by atoms with Crippen LogP contribution in [0.5, 0.6) is 0 Å². The summed E-state index contributed by atoms with van der Waals surface area (Å²) in [6.07, 6.45) is 3.70. The van der Waals surface area contributed by atoms with Gasteiger partial charge >= 0.3 is 0 Å². The number of rotatable bonds is 1. The number of hydrogen-bond donors (Lipinski definition) is 1. The smallest absolute Gasteiger partial charge is 0.225 e. The van der Waals surface area contributed by atoms with Gasteiger partial charge in [0.1, 0.15) is 0 Å². The number of morpholine rings is 1. The molecule has 1 aliphatic heterocycles. The molecule has 0 bridgehead atoms. The van der Waals surface area contributed by atoms with Crippen LogP contribution in [0.2, 0.25) is 0 Å². The van der Waals surface area contributed by atoms with Crippen molar-refractivity contribution in [2.45, 2.75) is 26.1 Å². The Labute approximate surface area is 89.3 Å². The largest absolute Gasteiger partial charge is 0.396 e. The van der Waals surface area contributed by atoms with Crippen LogP contribution in [0.15, 0.2) is 12.4 Å². The Bertz CT molecular complexity index is 317. The molecule has 1 aliphatic rings. The summed E-state index contributed by atoms with van der Waals surface area (Å²) in [6, 6.07) is 0. The van der Waals surface area contributed by atoms with Crippen LogP contribution in [0.25, 0.3) is 0 Å². The predicted molar refractivity (Wildman–Crippen MR) is 58.7 cm³/mol. The third-order valence-electron chi connectivity index (χ3n) is 2.36. The number of ether oxygens (including phenoxy) is 1.